The number of carboxylic acid groups (broad SMARTS) is 1. The molecule has 2 amide bonds. The fourth-order valence-corrected chi connectivity index (χ4v) is 3.62. The van der Waals surface area contributed by atoms with E-state index in [1.807, 2.05) is 0 Å². The number of anilines is 1. The standard InChI is InChI=1S/C20H16ClNO6S/c1-27-16-9-12(5-6-15(16)28-8-7-18(23)24)10-17-19(25)22(20(26)29-17)14-4-2-3-13(21)11-14/h2-6,9-11H,7-8H2,1H3,(H,23,24)/b17-10+. The number of hydrogen-bond donors (Lipinski definition) is 1. The molecule has 1 N–H and O–H groups in total. The lowest BCUT2D eigenvalue weighted by Gasteiger charge is -2.12. The molecule has 1 saturated heterocycles. The van der Waals surface area contributed by atoms with E-state index in [-0.39, 0.29) is 17.9 Å². The summed E-state index contributed by atoms with van der Waals surface area (Å²) in [5.41, 5.74) is 1.03. The van der Waals surface area contributed by atoms with Crippen LogP contribution in [0.4, 0.5) is 10.5 Å². The second-order valence-electron chi connectivity index (χ2n) is 5.90. The van der Waals surface area contributed by atoms with Crippen molar-refractivity contribution in [1.82, 2.24) is 0 Å². The van der Waals surface area contributed by atoms with Gasteiger partial charge in [-0.3, -0.25) is 14.4 Å². The van der Waals surface area contributed by atoms with Gasteiger partial charge < -0.3 is 14.6 Å². The van der Waals surface area contributed by atoms with Crippen LogP contribution in [0.1, 0.15) is 12.0 Å². The summed E-state index contributed by atoms with van der Waals surface area (Å²) >= 11 is 6.79. The number of imide groups is 1. The zero-order valence-corrected chi connectivity index (χ0v) is 16.8. The summed E-state index contributed by atoms with van der Waals surface area (Å²) < 4.78 is 10.7. The van der Waals surface area contributed by atoms with Crippen molar-refractivity contribution in [1.29, 1.82) is 0 Å². The zero-order chi connectivity index (χ0) is 21.0. The molecule has 0 bridgehead atoms. The topological polar surface area (TPSA) is 93.1 Å². The van der Waals surface area contributed by atoms with Gasteiger partial charge in [-0.1, -0.05) is 23.7 Å². The first kappa shape index (κ1) is 20.8. The predicted molar refractivity (Wildman–Crippen MR) is 111 cm³/mol. The van der Waals surface area contributed by atoms with Gasteiger partial charge in [-0.05, 0) is 53.7 Å². The minimum atomic E-state index is -0.962. The van der Waals surface area contributed by atoms with Crippen molar-refractivity contribution in [3.63, 3.8) is 0 Å². The molecule has 0 spiro atoms. The highest BCUT2D eigenvalue weighted by molar-refractivity contribution is 8.19. The van der Waals surface area contributed by atoms with Crippen LogP contribution in [0.5, 0.6) is 11.5 Å². The van der Waals surface area contributed by atoms with Gasteiger partial charge >= 0.3 is 5.97 Å². The summed E-state index contributed by atoms with van der Waals surface area (Å²) in [4.78, 5) is 37.0. The van der Waals surface area contributed by atoms with Crippen molar-refractivity contribution in [2.45, 2.75) is 6.42 Å². The zero-order valence-electron chi connectivity index (χ0n) is 15.3. The smallest absolute Gasteiger partial charge is 0.306 e. The van der Waals surface area contributed by atoms with E-state index in [9.17, 15) is 14.4 Å². The lowest BCUT2D eigenvalue weighted by Crippen LogP contribution is -2.27. The van der Waals surface area contributed by atoms with Crippen LogP contribution in [0.2, 0.25) is 5.02 Å². The number of rotatable bonds is 7. The second-order valence-corrected chi connectivity index (χ2v) is 7.33. The Kier molecular flexibility index (Phi) is 6.46. The first-order chi connectivity index (χ1) is 13.9. The number of hydrogen-bond acceptors (Lipinski definition) is 6. The molecule has 3 rings (SSSR count). The van der Waals surface area contributed by atoms with Crippen LogP contribution in [0.25, 0.3) is 6.08 Å². The van der Waals surface area contributed by atoms with Gasteiger partial charge in [0.1, 0.15) is 0 Å². The van der Waals surface area contributed by atoms with E-state index in [1.165, 1.54) is 7.11 Å². The van der Waals surface area contributed by atoms with Crippen molar-refractivity contribution in [3.05, 3.63) is 58.0 Å². The molecular weight excluding hydrogens is 418 g/mol. The van der Waals surface area contributed by atoms with Gasteiger partial charge in [0, 0.05) is 5.02 Å². The first-order valence-electron chi connectivity index (χ1n) is 8.45. The number of ether oxygens (including phenoxy) is 2. The Morgan fingerprint density at radius 3 is 2.69 bits per heavy atom. The molecule has 1 aliphatic rings. The van der Waals surface area contributed by atoms with Gasteiger partial charge in [0.25, 0.3) is 11.1 Å². The molecule has 0 aliphatic carbocycles. The summed E-state index contributed by atoms with van der Waals surface area (Å²) in [5.74, 6) is -0.629. The van der Waals surface area contributed by atoms with Crippen LogP contribution in [0, 0.1) is 0 Å². The molecule has 1 heterocycles. The first-order valence-corrected chi connectivity index (χ1v) is 9.64. The number of methoxy groups -OCH3 is 1. The number of halogens is 1. The third-order valence-corrected chi connectivity index (χ3v) is 5.02. The summed E-state index contributed by atoms with van der Waals surface area (Å²) in [6, 6.07) is 11.5. The Labute approximate surface area is 175 Å². The van der Waals surface area contributed by atoms with Crippen molar-refractivity contribution in [2.24, 2.45) is 0 Å². The minimum absolute atomic E-state index is 0.00354. The molecule has 0 radical (unpaired) electrons. The van der Waals surface area contributed by atoms with Gasteiger partial charge in [-0.2, -0.15) is 0 Å². The largest absolute Gasteiger partial charge is 0.493 e. The number of carbonyl (C=O) groups excluding carboxylic acids is 2. The Morgan fingerprint density at radius 2 is 2.00 bits per heavy atom. The fourth-order valence-electron chi connectivity index (χ4n) is 2.60. The SMILES string of the molecule is COc1cc(/C=C2/SC(=O)N(c3cccc(Cl)c3)C2=O)ccc1OCCC(=O)O. The molecular formula is C20H16ClNO6S. The van der Waals surface area contributed by atoms with Crippen molar-refractivity contribution >= 4 is 52.2 Å². The maximum Gasteiger partial charge on any atom is 0.306 e. The molecule has 0 atom stereocenters. The Hall–Kier alpha value is -2.97. The molecule has 1 aliphatic heterocycles. The van der Waals surface area contributed by atoms with Crippen molar-refractivity contribution in [2.75, 3.05) is 18.6 Å². The number of benzene rings is 2. The summed E-state index contributed by atoms with van der Waals surface area (Å²) in [6.07, 6.45) is 1.44. The number of nitrogens with zero attached hydrogens (tertiary/aromatic N) is 1. The molecule has 150 valence electrons. The highest BCUT2D eigenvalue weighted by Gasteiger charge is 2.36. The Balaban J connectivity index is 1.81. The number of carbonyl (C=O) groups is 3. The molecule has 0 aromatic heterocycles. The normalized spacial score (nSPS) is 15.1. The van der Waals surface area contributed by atoms with E-state index in [0.717, 1.165) is 16.7 Å². The average Bonchev–Trinajstić information content (AvgIpc) is 2.95. The quantitative estimate of drug-likeness (QED) is 0.645. The molecule has 2 aromatic rings. The summed E-state index contributed by atoms with van der Waals surface area (Å²) in [7, 11) is 1.45. The van der Waals surface area contributed by atoms with Crippen LogP contribution in [0.15, 0.2) is 47.4 Å². The third-order valence-electron chi connectivity index (χ3n) is 3.92. The molecule has 7 nitrogen and oxygen atoms in total. The molecule has 2 aromatic carbocycles. The van der Waals surface area contributed by atoms with E-state index >= 15 is 0 Å². The monoisotopic (exact) mass is 433 g/mol. The van der Waals surface area contributed by atoms with E-state index in [1.54, 1.807) is 48.5 Å². The highest BCUT2D eigenvalue weighted by atomic mass is 35.5. The fraction of sp³-hybridized carbons (Fsp3) is 0.150. The molecule has 9 heteroatoms. The second kappa shape index (κ2) is 9.02. The van der Waals surface area contributed by atoms with Gasteiger partial charge in [-0.25, -0.2) is 4.90 Å². The van der Waals surface area contributed by atoms with Crippen molar-refractivity contribution in [3.8, 4) is 11.5 Å². The van der Waals surface area contributed by atoms with E-state index in [4.69, 9.17) is 26.2 Å². The molecule has 29 heavy (non-hydrogen) atoms. The maximum atomic E-state index is 12.7. The molecule has 0 saturated carbocycles. The maximum absolute atomic E-state index is 12.7. The highest BCUT2D eigenvalue weighted by Crippen LogP contribution is 2.37. The predicted octanol–water partition coefficient (Wildman–Crippen LogP) is 4.44. The average molecular weight is 434 g/mol. The van der Waals surface area contributed by atoms with Crippen LogP contribution in [-0.2, 0) is 9.59 Å². The van der Waals surface area contributed by atoms with Gasteiger partial charge in [0.05, 0.1) is 30.7 Å². The van der Waals surface area contributed by atoms with E-state index in [0.29, 0.717) is 27.8 Å². The van der Waals surface area contributed by atoms with Crippen LogP contribution >= 0.6 is 23.4 Å². The van der Waals surface area contributed by atoms with E-state index in [2.05, 4.69) is 0 Å². The number of carboxylic acids is 1. The molecule has 0 unspecified atom stereocenters. The molecule has 1 fully saturated rings. The van der Waals surface area contributed by atoms with Gasteiger partial charge in [-0.15, -0.1) is 0 Å². The summed E-state index contributed by atoms with van der Waals surface area (Å²) in [6.45, 7) is 0.00354. The lowest BCUT2D eigenvalue weighted by atomic mass is 10.1. The summed E-state index contributed by atoms with van der Waals surface area (Å²) in [5, 5.41) is 8.71. The number of aliphatic carboxylic acids is 1. The Bertz CT molecular complexity index is 1010. The third kappa shape index (κ3) is 4.90. The number of thioether (sulfide) groups is 1. The van der Waals surface area contributed by atoms with Gasteiger partial charge in [0.15, 0.2) is 11.5 Å². The van der Waals surface area contributed by atoms with Crippen LogP contribution < -0.4 is 14.4 Å². The Morgan fingerprint density at radius 1 is 1.21 bits per heavy atom. The van der Waals surface area contributed by atoms with Gasteiger partial charge in [0.2, 0.25) is 0 Å². The van der Waals surface area contributed by atoms with Crippen LogP contribution in [0.3, 0.4) is 0 Å². The van der Waals surface area contributed by atoms with Crippen LogP contribution in [-0.4, -0.2) is 35.9 Å². The number of amides is 2. The minimum Gasteiger partial charge on any atom is -0.493 e. The van der Waals surface area contributed by atoms with Crippen molar-refractivity contribution < 1.29 is 29.0 Å². The van der Waals surface area contributed by atoms with E-state index < -0.39 is 17.1 Å². The lowest BCUT2D eigenvalue weighted by molar-refractivity contribution is -0.137.